The third-order valence-electron chi connectivity index (χ3n) is 4.18. The molecule has 0 radical (unpaired) electrons. The van der Waals surface area contributed by atoms with Crippen molar-refractivity contribution in [1.29, 1.82) is 0 Å². The Morgan fingerprint density at radius 2 is 2.23 bits per heavy atom. The summed E-state index contributed by atoms with van der Waals surface area (Å²) in [4.78, 5) is 14.7. The van der Waals surface area contributed by atoms with Crippen molar-refractivity contribution >= 4 is 16.9 Å². The van der Waals surface area contributed by atoms with Crippen molar-refractivity contribution in [2.24, 2.45) is 0 Å². The Hall–Kier alpha value is -1.95. The number of nitrogens with zero attached hydrogens (tertiary/aromatic N) is 4. The van der Waals surface area contributed by atoms with Crippen LogP contribution < -0.4 is 5.32 Å². The van der Waals surface area contributed by atoms with Gasteiger partial charge < -0.3 is 10.2 Å². The highest BCUT2D eigenvalue weighted by Crippen LogP contribution is 2.17. The van der Waals surface area contributed by atoms with Crippen molar-refractivity contribution in [3.63, 3.8) is 0 Å². The first-order valence-electron chi connectivity index (χ1n) is 7.89. The maximum absolute atomic E-state index is 12.4. The Kier molecular flexibility index (Phi) is 4.11. The second-order valence-corrected chi connectivity index (χ2v) is 6.41. The largest absolute Gasteiger partial charge is 0.348 e. The van der Waals surface area contributed by atoms with Crippen LogP contribution in [0.3, 0.4) is 0 Å². The number of amides is 1. The average Bonchev–Trinajstić information content (AvgIpc) is 2.90. The van der Waals surface area contributed by atoms with Crippen molar-refractivity contribution in [1.82, 2.24) is 25.2 Å². The van der Waals surface area contributed by atoms with Gasteiger partial charge in [-0.05, 0) is 58.5 Å². The van der Waals surface area contributed by atoms with E-state index in [4.69, 9.17) is 0 Å². The normalized spacial score (nSPS) is 19.7. The Morgan fingerprint density at radius 3 is 2.95 bits per heavy atom. The van der Waals surface area contributed by atoms with E-state index in [2.05, 4.69) is 41.4 Å². The molecule has 2 heterocycles. The van der Waals surface area contributed by atoms with E-state index < -0.39 is 0 Å². The SMILES string of the molecule is CC(C)n1nnc2cc(C(=O)N[C@@H]3CCCN(C)C3)ccc21. The van der Waals surface area contributed by atoms with Gasteiger partial charge in [0.25, 0.3) is 5.91 Å². The number of rotatable bonds is 3. The number of hydrogen-bond donors (Lipinski definition) is 1. The minimum absolute atomic E-state index is 0.0266. The van der Waals surface area contributed by atoms with Gasteiger partial charge in [-0.15, -0.1) is 5.10 Å². The number of likely N-dealkylation sites (tertiary alicyclic amines) is 1. The first kappa shape index (κ1) is 15.0. The van der Waals surface area contributed by atoms with Gasteiger partial charge in [0.05, 0.1) is 5.52 Å². The molecule has 1 amide bonds. The number of piperidine rings is 1. The summed E-state index contributed by atoms with van der Waals surface area (Å²) in [6, 6.07) is 6.09. The topological polar surface area (TPSA) is 63.1 Å². The molecule has 2 aromatic rings. The lowest BCUT2D eigenvalue weighted by Crippen LogP contribution is -2.46. The Bertz CT molecular complexity index is 678. The van der Waals surface area contributed by atoms with Gasteiger partial charge in [0, 0.05) is 24.2 Å². The van der Waals surface area contributed by atoms with Gasteiger partial charge in [-0.2, -0.15) is 0 Å². The van der Waals surface area contributed by atoms with Crippen LogP contribution in [0.4, 0.5) is 0 Å². The van der Waals surface area contributed by atoms with Gasteiger partial charge in [-0.3, -0.25) is 4.79 Å². The van der Waals surface area contributed by atoms with E-state index in [1.165, 1.54) is 0 Å². The van der Waals surface area contributed by atoms with Crippen molar-refractivity contribution in [2.45, 2.75) is 38.8 Å². The highest BCUT2D eigenvalue weighted by molar-refractivity contribution is 5.97. The first-order chi connectivity index (χ1) is 10.5. The van der Waals surface area contributed by atoms with Crippen molar-refractivity contribution in [3.05, 3.63) is 23.8 Å². The molecule has 3 rings (SSSR count). The number of nitrogens with one attached hydrogen (secondary N) is 1. The molecule has 1 aromatic heterocycles. The fourth-order valence-electron chi connectivity index (χ4n) is 3.02. The van der Waals surface area contributed by atoms with Crippen LogP contribution in [-0.2, 0) is 0 Å². The van der Waals surface area contributed by atoms with Crippen molar-refractivity contribution in [3.8, 4) is 0 Å². The van der Waals surface area contributed by atoms with Gasteiger partial charge in [0.15, 0.2) is 0 Å². The minimum Gasteiger partial charge on any atom is -0.348 e. The lowest BCUT2D eigenvalue weighted by atomic mass is 10.1. The van der Waals surface area contributed by atoms with E-state index in [0.29, 0.717) is 5.56 Å². The molecular formula is C16H23N5O. The standard InChI is InChI=1S/C16H23N5O/c1-11(2)21-15-7-6-12(9-14(15)18-19-21)16(22)17-13-5-4-8-20(3)10-13/h6-7,9,11,13H,4-5,8,10H2,1-3H3,(H,17,22)/t13-/m1/s1. The van der Waals surface area contributed by atoms with E-state index in [-0.39, 0.29) is 18.0 Å². The van der Waals surface area contributed by atoms with Crippen LogP contribution in [-0.4, -0.2) is 52.0 Å². The zero-order valence-corrected chi connectivity index (χ0v) is 13.4. The van der Waals surface area contributed by atoms with Crippen LogP contribution in [0.2, 0.25) is 0 Å². The van der Waals surface area contributed by atoms with Gasteiger partial charge in [0.2, 0.25) is 0 Å². The van der Waals surface area contributed by atoms with Crippen LogP contribution >= 0.6 is 0 Å². The predicted molar refractivity (Wildman–Crippen MR) is 85.9 cm³/mol. The summed E-state index contributed by atoms with van der Waals surface area (Å²) >= 11 is 0. The molecule has 118 valence electrons. The van der Waals surface area contributed by atoms with E-state index in [0.717, 1.165) is 37.0 Å². The number of carbonyl (C=O) groups is 1. The lowest BCUT2D eigenvalue weighted by Gasteiger charge is -2.30. The molecular weight excluding hydrogens is 278 g/mol. The molecule has 1 aliphatic heterocycles. The van der Waals surface area contributed by atoms with Crippen LogP contribution in [0, 0.1) is 0 Å². The molecule has 0 bridgehead atoms. The number of benzene rings is 1. The predicted octanol–water partition coefficient (Wildman–Crippen LogP) is 1.84. The summed E-state index contributed by atoms with van der Waals surface area (Å²) in [5.74, 6) is -0.0266. The summed E-state index contributed by atoms with van der Waals surface area (Å²) in [5, 5.41) is 11.4. The van der Waals surface area contributed by atoms with Gasteiger partial charge in [-0.25, -0.2) is 4.68 Å². The first-order valence-corrected chi connectivity index (χ1v) is 7.89. The van der Waals surface area contributed by atoms with E-state index in [1.807, 2.05) is 22.9 Å². The van der Waals surface area contributed by atoms with Gasteiger partial charge in [-0.1, -0.05) is 5.21 Å². The summed E-state index contributed by atoms with van der Waals surface area (Å²) in [7, 11) is 2.09. The number of aromatic nitrogens is 3. The smallest absolute Gasteiger partial charge is 0.251 e. The number of likely N-dealkylation sites (N-methyl/N-ethyl adjacent to an activating group) is 1. The number of hydrogen-bond acceptors (Lipinski definition) is 4. The van der Waals surface area contributed by atoms with E-state index >= 15 is 0 Å². The van der Waals surface area contributed by atoms with Crippen LogP contribution in [0.5, 0.6) is 0 Å². The molecule has 1 aliphatic rings. The summed E-state index contributed by atoms with van der Waals surface area (Å²) in [6.45, 7) is 6.15. The molecule has 0 aliphatic carbocycles. The van der Waals surface area contributed by atoms with Crippen molar-refractivity contribution < 1.29 is 4.79 Å². The molecule has 1 aromatic carbocycles. The molecule has 0 saturated carbocycles. The number of carbonyl (C=O) groups excluding carboxylic acids is 1. The molecule has 0 spiro atoms. The molecule has 6 heteroatoms. The van der Waals surface area contributed by atoms with Crippen LogP contribution in [0.1, 0.15) is 43.1 Å². The number of fused-ring (bicyclic) bond motifs is 1. The highest BCUT2D eigenvalue weighted by Gasteiger charge is 2.20. The van der Waals surface area contributed by atoms with E-state index in [9.17, 15) is 4.79 Å². The fraction of sp³-hybridized carbons (Fsp3) is 0.562. The monoisotopic (exact) mass is 301 g/mol. The van der Waals surface area contributed by atoms with E-state index in [1.54, 1.807) is 0 Å². The maximum Gasteiger partial charge on any atom is 0.251 e. The Labute approximate surface area is 130 Å². The average molecular weight is 301 g/mol. The zero-order valence-electron chi connectivity index (χ0n) is 13.4. The molecule has 1 saturated heterocycles. The lowest BCUT2D eigenvalue weighted by molar-refractivity contribution is 0.0912. The molecule has 0 unspecified atom stereocenters. The van der Waals surface area contributed by atoms with Gasteiger partial charge >= 0.3 is 0 Å². The molecule has 1 atom stereocenters. The second kappa shape index (κ2) is 6.04. The molecule has 22 heavy (non-hydrogen) atoms. The zero-order chi connectivity index (χ0) is 15.7. The van der Waals surface area contributed by atoms with Crippen molar-refractivity contribution in [2.75, 3.05) is 20.1 Å². The fourth-order valence-corrected chi connectivity index (χ4v) is 3.02. The Morgan fingerprint density at radius 1 is 1.41 bits per heavy atom. The third-order valence-corrected chi connectivity index (χ3v) is 4.18. The summed E-state index contributed by atoms with van der Waals surface area (Å²) in [6.07, 6.45) is 2.17. The maximum atomic E-state index is 12.4. The van der Waals surface area contributed by atoms with Crippen LogP contribution in [0.15, 0.2) is 18.2 Å². The molecule has 6 nitrogen and oxygen atoms in total. The quantitative estimate of drug-likeness (QED) is 0.939. The molecule has 1 N–H and O–H groups in total. The Balaban J connectivity index is 1.76. The van der Waals surface area contributed by atoms with Gasteiger partial charge in [0.1, 0.15) is 5.52 Å². The molecule has 1 fully saturated rings. The van der Waals surface area contributed by atoms with Crippen LogP contribution in [0.25, 0.3) is 11.0 Å². The summed E-state index contributed by atoms with van der Waals surface area (Å²) in [5.41, 5.74) is 2.38. The third kappa shape index (κ3) is 2.97. The second-order valence-electron chi connectivity index (χ2n) is 6.41. The minimum atomic E-state index is -0.0266. The summed E-state index contributed by atoms with van der Waals surface area (Å²) < 4.78 is 1.87. The highest BCUT2D eigenvalue weighted by atomic mass is 16.1.